The topological polar surface area (TPSA) is 63.2 Å². The second kappa shape index (κ2) is 5.85. The summed E-state index contributed by atoms with van der Waals surface area (Å²) in [7, 11) is 0. The Morgan fingerprint density at radius 2 is 1.92 bits per heavy atom. The molecule has 128 valence electrons. The number of anilines is 1. The Morgan fingerprint density at radius 3 is 2.68 bits per heavy atom. The van der Waals surface area contributed by atoms with Gasteiger partial charge in [0.1, 0.15) is 11.9 Å². The fourth-order valence-corrected chi connectivity index (χ4v) is 4.30. The minimum Gasteiger partial charge on any atom is -0.489 e. The van der Waals surface area contributed by atoms with Gasteiger partial charge in [-0.25, -0.2) is 0 Å². The summed E-state index contributed by atoms with van der Waals surface area (Å²) < 4.78 is 6.16. The number of amides is 1. The Labute approximate surface area is 146 Å². The van der Waals surface area contributed by atoms with E-state index in [9.17, 15) is 4.79 Å². The van der Waals surface area contributed by atoms with Crippen LogP contribution >= 0.6 is 0 Å². The normalized spacial score (nSPS) is 27.0. The molecule has 1 amide bonds. The third kappa shape index (κ3) is 2.89. The lowest BCUT2D eigenvalue weighted by molar-refractivity contribution is -0.115. The third-order valence-electron chi connectivity index (χ3n) is 5.50. The molecule has 0 spiro atoms. The number of carbonyl (C=O) groups excluding carboxylic acids is 1. The number of hydrogen-bond acceptors (Lipinski definition) is 4. The second-order valence-electron chi connectivity index (χ2n) is 7.33. The van der Waals surface area contributed by atoms with Crippen LogP contribution in [0.1, 0.15) is 31.2 Å². The second-order valence-corrected chi connectivity index (χ2v) is 7.33. The van der Waals surface area contributed by atoms with Crippen LogP contribution in [0.5, 0.6) is 5.75 Å². The van der Waals surface area contributed by atoms with Gasteiger partial charge in [-0.2, -0.15) is 0 Å². The van der Waals surface area contributed by atoms with E-state index in [0.29, 0.717) is 24.6 Å². The highest BCUT2D eigenvalue weighted by molar-refractivity contribution is 5.99. The van der Waals surface area contributed by atoms with Gasteiger partial charge in [0, 0.05) is 23.3 Å². The van der Waals surface area contributed by atoms with Gasteiger partial charge in [-0.1, -0.05) is 6.07 Å². The first-order valence-electron chi connectivity index (χ1n) is 9.05. The Morgan fingerprint density at radius 1 is 1.08 bits per heavy atom. The number of nitrogens with zero attached hydrogens (tertiary/aromatic N) is 1. The van der Waals surface area contributed by atoms with Gasteiger partial charge in [-0.3, -0.25) is 9.78 Å². The van der Waals surface area contributed by atoms with Crippen LogP contribution in [0.4, 0.5) is 5.69 Å². The molecule has 2 unspecified atom stereocenters. The monoisotopic (exact) mass is 335 g/mol. The lowest BCUT2D eigenvalue weighted by Crippen LogP contribution is -2.42. The van der Waals surface area contributed by atoms with Crippen molar-refractivity contribution in [2.45, 2.75) is 50.3 Å². The lowest BCUT2D eigenvalue weighted by atomic mass is 10.0. The van der Waals surface area contributed by atoms with E-state index in [4.69, 9.17) is 4.74 Å². The zero-order chi connectivity index (χ0) is 16.8. The fourth-order valence-electron chi connectivity index (χ4n) is 4.30. The molecule has 2 bridgehead atoms. The van der Waals surface area contributed by atoms with Crippen molar-refractivity contribution in [1.29, 1.82) is 0 Å². The van der Waals surface area contributed by atoms with Crippen LogP contribution in [0, 0.1) is 0 Å². The molecule has 5 heteroatoms. The summed E-state index contributed by atoms with van der Waals surface area (Å²) in [6, 6.07) is 11.2. The largest absolute Gasteiger partial charge is 0.489 e. The Bertz CT molecular complexity index is 806. The summed E-state index contributed by atoms with van der Waals surface area (Å²) in [5.41, 5.74) is 3.88. The van der Waals surface area contributed by atoms with E-state index >= 15 is 0 Å². The van der Waals surface area contributed by atoms with Crippen molar-refractivity contribution >= 4 is 11.6 Å². The van der Waals surface area contributed by atoms with Gasteiger partial charge < -0.3 is 15.4 Å². The predicted octanol–water partition coefficient (Wildman–Crippen LogP) is 2.91. The van der Waals surface area contributed by atoms with E-state index in [-0.39, 0.29) is 5.91 Å². The molecule has 2 saturated heterocycles. The molecule has 2 N–H and O–H groups in total. The zero-order valence-electron chi connectivity index (χ0n) is 14.0. The molecule has 1 aromatic carbocycles. The van der Waals surface area contributed by atoms with Gasteiger partial charge in [0.05, 0.1) is 18.3 Å². The average Bonchev–Trinajstić information content (AvgIpc) is 3.15. The minimum absolute atomic E-state index is 0.0554. The minimum atomic E-state index is 0.0554. The molecule has 1 aromatic heterocycles. The maximum atomic E-state index is 11.5. The summed E-state index contributed by atoms with van der Waals surface area (Å²) in [5, 5.41) is 6.49. The molecule has 2 fully saturated rings. The zero-order valence-corrected chi connectivity index (χ0v) is 14.0. The molecule has 5 rings (SSSR count). The van der Waals surface area contributed by atoms with Crippen LogP contribution in [-0.2, 0) is 11.2 Å². The average molecular weight is 335 g/mol. The molecule has 0 saturated carbocycles. The van der Waals surface area contributed by atoms with Gasteiger partial charge in [0.2, 0.25) is 5.91 Å². The first-order chi connectivity index (χ1) is 12.2. The summed E-state index contributed by atoms with van der Waals surface area (Å²) in [6.45, 7) is 0. The van der Waals surface area contributed by atoms with Crippen molar-refractivity contribution in [2.24, 2.45) is 0 Å². The number of pyridine rings is 1. The molecule has 4 heterocycles. The number of nitrogens with one attached hydrogen (secondary N) is 2. The maximum Gasteiger partial charge on any atom is 0.228 e. The van der Waals surface area contributed by atoms with Crippen molar-refractivity contribution in [3.8, 4) is 17.0 Å². The number of benzene rings is 1. The fraction of sp³-hybridized carbons (Fsp3) is 0.400. The van der Waals surface area contributed by atoms with Gasteiger partial charge in [0.15, 0.2) is 0 Å². The number of piperidine rings is 1. The van der Waals surface area contributed by atoms with Gasteiger partial charge in [-0.15, -0.1) is 0 Å². The van der Waals surface area contributed by atoms with Gasteiger partial charge >= 0.3 is 0 Å². The molecule has 0 radical (unpaired) electrons. The maximum absolute atomic E-state index is 11.5. The molecule has 0 aliphatic carbocycles. The number of ether oxygens (including phenoxy) is 1. The molecule has 3 aliphatic heterocycles. The molecular formula is C20H21N3O2. The number of hydrogen-bond donors (Lipinski definition) is 2. The van der Waals surface area contributed by atoms with Crippen LogP contribution in [0.3, 0.4) is 0 Å². The van der Waals surface area contributed by atoms with E-state index < -0.39 is 0 Å². The number of fused-ring (bicyclic) bond motifs is 3. The van der Waals surface area contributed by atoms with E-state index in [1.165, 1.54) is 12.8 Å². The quantitative estimate of drug-likeness (QED) is 0.905. The number of aromatic nitrogens is 1. The predicted molar refractivity (Wildman–Crippen MR) is 95.6 cm³/mol. The van der Waals surface area contributed by atoms with Gasteiger partial charge in [-0.05, 0) is 55.5 Å². The Kier molecular flexibility index (Phi) is 3.48. The summed E-state index contributed by atoms with van der Waals surface area (Å²) in [5.74, 6) is 0.896. The Hall–Kier alpha value is -2.40. The molecule has 3 aliphatic rings. The molecule has 5 nitrogen and oxygen atoms in total. The van der Waals surface area contributed by atoms with E-state index in [1.807, 2.05) is 36.5 Å². The molecule has 2 aromatic rings. The highest BCUT2D eigenvalue weighted by Gasteiger charge is 2.34. The van der Waals surface area contributed by atoms with Crippen molar-refractivity contribution in [3.05, 3.63) is 42.1 Å². The van der Waals surface area contributed by atoms with Crippen molar-refractivity contribution in [1.82, 2.24) is 10.3 Å². The van der Waals surface area contributed by atoms with E-state index in [1.54, 1.807) is 0 Å². The molecule has 2 atom stereocenters. The highest BCUT2D eigenvalue weighted by Crippen LogP contribution is 2.31. The number of carbonyl (C=O) groups is 1. The standard InChI is InChI=1S/C20H21N3O2/c24-20-8-13-7-12(1-5-19(13)23-20)18-6-4-16(11-21-18)25-17-9-14-2-3-15(10-17)22-14/h1,4-7,11,14-15,17,22H,2-3,8-10H2,(H,23,24). The van der Waals surface area contributed by atoms with Crippen molar-refractivity contribution < 1.29 is 9.53 Å². The highest BCUT2D eigenvalue weighted by atomic mass is 16.5. The number of rotatable bonds is 3. The smallest absolute Gasteiger partial charge is 0.228 e. The van der Waals surface area contributed by atoms with Crippen molar-refractivity contribution in [3.63, 3.8) is 0 Å². The van der Waals surface area contributed by atoms with Crippen LogP contribution in [0.25, 0.3) is 11.3 Å². The van der Waals surface area contributed by atoms with Crippen LogP contribution < -0.4 is 15.4 Å². The van der Waals surface area contributed by atoms with E-state index in [2.05, 4.69) is 15.6 Å². The van der Waals surface area contributed by atoms with Gasteiger partial charge in [0.25, 0.3) is 0 Å². The Balaban J connectivity index is 1.30. The summed E-state index contributed by atoms with van der Waals surface area (Å²) in [4.78, 5) is 16.1. The summed E-state index contributed by atoms with van der Waals surface area (Å²) in [6.07, 6.45) is 7.28. The van der Waals surface area contributed by atoms with Crippen LogP contribution in [-0.4, -0.2) is 29.1 Å². The SMILES string of the molecule is O=C1Cc2cc(-c3ccc(OC4CC5CCC(C4)N5)cn3)ccc2N1. The van der Waals surface area contributed by atoms with Crippen LogP contribution in [0.2, 0.25) is 0 Å². The van der Waals surface area contributed by atoms with Crippen molar-refractivity contribution in [2.75, 3.05) is 5.32 Å². The van der Waals surface area contributed by atoms with E-state index in [0.717, 1.165) is 41.1 Å². The van der Waals surface area contributed by atoms with Crippen LogP contribution in [0.15, 0.2) is 36.5 Å². The molecule has 25 heavy (non-hydrogen) atoms. The lowest BCUT2D eigenvalue weighted by Gasteiger charge is -2.29. The third-order valence-corrected chi connectivity index (χ3v) is 5.50. The first-order valence-corrected chi connectivity index (χ1v) is 9.05. The summed E-state index contributed by atoms with van der Waals surface area (Å²) >= 11 is 0. The molecular weight excluding hydrogens is 314 g/mol. The first kappa shape index (κ1) is 14.9.